The molecule has 0 saturated carbocycles. The van der Waals surface area contributed by atoms with Crippen molar-refractivity contribution in [3.63, 3.8) is 0 Å². The van der Waals surface area contributed by atoms with Crippen molar-refractivity contribution in [1.82, 2.24) is 4.31 Å². The molecule has 0 bridgehead atoms. The minimum atomic E-state index is -3.55. The monoisotopic (exact) mass is 337 g/mol. The average Bonchev–Trinajstić information content (AvgIpc) is 2.51. The highest BCUT2D eigenvalue weighted by molar-refractivity contribution is 7.89. The topological polar surface area (TPSA) is 92.5 Å². The number of carbonyl (C=O) groups excluding carboxylic acids is 1. The van der Waals surface area contributed by atoms with E-state index in [0.717, 1.165) is 10.4 Å². The lowest BCUT2D eigenvalue weighted by molar-refractivity contribution is 0.102. The van der Waals surface area contributed by atoms with Gasteiger partial charge in [-0.15, -0.1) is 0 Å². The molecule has 2 aromatic carbocycles. The molecule has 3 N–H and O–H groups in total. The SMILES string of the molecule is CN(C)S(=O)(=O)c1ccc(C(=O)Nc2ccc(N)c(F)c2)cc1. The van der Waals surface area contributed by atoms with Crippen LogP contribution in [0.5, 0.6) is 0 Å². The van der Waals surface area contributed by atoms with Gasteiger partial charge in [0.2, 0.25) is 10.0 Å². The van der Waals surface area contributed by atoms with Crippen molar-refractivity contribution in [3.05, 3.63) is 53.8 Å². The number of nitrogens with one attached hydrogen (secondary N) is 1. The third-order valence-electron chi connectivity index (χ3n) is 3.15. The minimum Gasteiger partial charge on any atom is -0.396 e. The van der Waals surface area contributed by atoms with E-state index in [1.165, 1.54) is 50.5 Å². The van der Waals surface area contributed by atoms with Crippen LogP contribution in [0.15, 0.2) is 47.4 Å². The van der Waals surface area contributed by atoms with Gasteiger partial charge >= 0.3 is 0 Å². The quantitative estimate of drug-likeness (QED) is 0.834. The molecule has 0 aliphatic carbocycles. The molecule has 0 atom stereocenters. The van der Waals surface area contributed by atoms with Crippen molar-refractivity contribution < 1.29 is 17.6 Å². The zero-order valence-corrected chi connectivity index (χ0v) is 13.4. The number of nitrogens with two attached hydrogens (primary N) is 1. The normalized spacial score (nSPS) is 11.5. The predicted molar refractivity (Wildman–Crippen MR) is 86.1 cm³/mol. The van der Waals surface area contributed by atoms with Gasteiger partial charge in [0.15, 0.2) is 0 Å². The van der Waals surface area contributed by atoms with Crippen LogP contribution in [0.3, 0.4) is 0 Å². The molecule has 0 aromatic heterocycles. The first-order valence-electron chi connectivity index (χ1n) is 6.61. The summed E-state index contributed by atoms with van der Waals surface area (Å²) in [6.45, 7) is 0. The molecule has 0 heterocycles. The molecule has 122 valence electrons. The van der Waals surface area contributed by atoms with E-state index in [1.54, 1.807) is 0 Å². The highest BCUT2D eigenvalue weighted by Gasteiger charge is 2.17. The van der Waals surface area contributed by atoms with Crippen LogP contribution in [-0.2, 0) is 10.0 Å². The third-order valence-corrected chi connectivity index (χ3v) is 4.98. The van der Waals surface area contributed by atoms with Gasteiger partial charge in [-0.05, 0) is 42.5 Å². The fourth-order valence-electron chi connectivity index (χ4n) is 1.80. The second-order valence-corrected chi connectivity index (χ2v) is 7.15. The van der Waals surface area contributed by atoms with Crippen LogP contribution in [-0.4, -0.2) is 32.7 Å². The number of amides is 1. The van der Waals surface area contributed by atoms with Gasteiger partial charge < -0.3 is 11.1 Å². The van der Waals surface area contributed by atoms with Crippen molar-refractivity contribution >= 4 is 27.3 Å². The summed E-state index contributed by atoms with van der Waals surface area (Å²) in [4.78, 5) is 12.2. The smallest absolute Gasteiger partial charge is 0.255 e. The molecular weight excluding hydrogens is 321 g/mol. The Balaban J connectivity index is 2.19. The standard InChI is InChI=1S/C15H16FN3O3S/c1-19(2)23(21,22)12-6-3-10(4-7-12)15(20)18-11-5-8-14(17)13(16)9-11/h3-9H,17H2,1-2H3,(H,18,20). The van der Waals surface area contributed by atoms with Crippen LogP contribution in [0.1, 0.15) is 10.4 Å². The van der Waals surface area contributed by atoms with Crippen LogP contribution < -0.4 is 11.1 Å². The molecule has 0 aliphatic heterocycles. The largest absolute Gasteiger partial charge is 0.396 e. The Morgan fingerprint density at radius 3 is 2.26 bits per heavy atom. The Hall–Kier alpha value is -2.45. The maximum absolute atomic E-state index is 13.3. The second kappa shape index (κ2) is 6.35. The van der Waals surface area contributed by atoms with E-state index < -0.39 is 21.7 Å². The zero-order valence-electron chi connectivity index (χ0n) is 12.6. The Kier molecular flexibility index (Phi) is 4.67. The number of nitrogen functional groups attached to an aromatic ring is 1. The van der Waals surface area contributed by atoms with Gasteiger partial charge in [0, 0.05) is 25.3 Å². The Labute approximate surface area is 133 Å². The summed E-state index contributed by atoms with van der Waals surface area (Å²) in [5.74, 6) is -1.11. The Bertz CT molecular complexity index is 834. The van der Waals surface area contributed by atoms with Crippen LogP contribution >= 0.6 is 0 Å². The van der Waals surface area contributed by atoms with Gasteiger partial charge in [-0.1, -0.05) is 0 Å². The highest BCUT2D eigenvalue weighted by Crippen LogP contribution is 2.18. The van der Waals surface area contributed by atoms with Crippen molar-refractivity contribution in [2.75, 3.05) is 25.1 Å². The number of carbonyl (C=O) groups is 1. The zero-order chi connectivity index (χ0) is 17.2. The molecule has 23 heavy (non-hydrogen) atoms. The molecule has 0 saturated heterocycles. The lowest BCUT2D eigenvalue weighted by atomic mass is 10.2. The summed E-state index contributed by atoms with van der Waals surface area (Å²) in [6, 6.07) is 9.39. The lowest BCUT2D eigenvalue weighted by Gasteiger charge is -2.11. The van der Waals surface area contributed by atoms with Crippen LogP contribution in [0.4, 0.5) is 15.8 Å². The summed E-state index contributed by atoms with van der Waals surface area (Å²) in [5, 5.41) is 2.51. The van der Waals surface area contributed by atoms with E-state index in [1.807, 2.05) is 0 Å². The average molecular weight is 337 g/mol. The fraction of sp³-hybridized carbons (Fsp3) is 0.133. The van der Waals surface area contributed by atoms with E-state index in [-0.39, 0.29) is 21.8 Å². The van der Waals surface area contributed by atoms with Gasteiger partial charge in [0.1, 0.15) is 5.82 Å². The van der Waals surface area contributed by atoms with Crippen molar-refractivity contribution in [1.29, 1.82) is 0 Å². The molecule has 2 aromatic rings. The number of hydrogen-bond donors (Lipinski definition) is 2. The Morgan fingerprint density at radius 1 is 1.13 bits per heavy atom. The van der Waals surface area contributed by atoms with Crippen LogP contribution in [0.25, 0.3) is 0 Å². The van der Waals surface area contributed by atoms with E-state index >= 15 is 0 Å². The third kappa shape index (κ3) is 3.66. The molecule has 0 fully saturated rings. The maximum atomic E-state index is 13.3. The summed E-state index contributed by atoms with van der Waals surface area (Å²) in [5.41, 5.74) is 5.86. The molecular formula is C15H16FN3O3S. The summed E-state index contributed by atoms with van der Waals surface area (Å²) < 4.78 is 38.3. The number of benzene rings is 2. The second-order valence-electron chi connectivity index (χ2n) is 5.00. The molecule has 0 spiro atoms. The first-order chi connectivity index (χ1) is 10.7. The summed E-state index contributed by atoms with van der Waals surface area (Å²) in [6.07, 6.45) is 0. The minimum absolute atomic E-state index is 0.0127. The molecule has 0 radical (unpaired) electrons. The van der Waals surface area contributed by atoms with Gasteiger partial charge in [0.25, 0.3) is 5.91 Å². The Morgan fingerprint density at radius 2 is 1.74 bits per heavy atom. The summed E-state index contributed by atoms with van der Waals surface area (Å²) >= 11 is 0. The van der Waals surface area contributed by atoms with Crippen LogP contribution in [0, 0.1) is 5.82 Å². The molecule has 8 heteroatoms. The van der Waals surface area contributed by atoms with Gasteiger partial charge in [-0.3, -0.25) is 4.79 Å². The first kappa shape index (κ1) is 16.9. The molecule has 1 amide bonds. The van der Waals surface area contributed by atoms with E-state index in [4.69, 9.17) is 5.73 Å². The summed E-state index contributed by atoms with van der Waals surface area (Å²) in [7, 11) is -0.706. The number of nitrogens with zero attached hydrogens (tertiary/aromatic N) is 1. The number of halogens is 1. The van der Waals surface area contributed by atoms with Crippen molar-refractivity contribution in [3.8, 4) is 0 Å². The number of rotatable bonds is 4. The van der Waals surface area contributed by atoms with E-state index in [9.17, 15) is 17.6 Å². The van der Waals surface area contributed by atoms with E-state index in [2.05, 4.69) is 5.32 Å². The highest BCUT2D eigenvalue weighted by atomic mass is 32.2. The molecule has 0 aliphatic rings. The van der Waals surface area contributed by atoms with Crippen molar-refractivity contribution in [2.24, 2.45) is 0 Å². The van der Waals surface area contributed by atoms with Gasteiger partial charge in [0.05, 0.1) is 10.6 Å². The van der Waals surface area contributed by atoms with E-state index in [0.29, 0.717) is 0 Å². The lowest BCUT2D eigenvalue weighted by Crippen LogP contribution is -2.22. The maximum Gasteiger partial charge on any atom is 0.255 e. The van der Waals surface area contributed by atoms with Gasteiger partial charge in [-0.2, -0.15) is 0 Å². The number of hydrogen-bond acceptors (Lipinski definition) is 4. The van der Waals surface area contributed by atoms with Crippen LogP contribution in [0.2, 0.25) is 0 Å². The van der Waals surface area contributed by atoms with Crippen molar-refractivity contribution in [2.45, 2.75) is 4.90 Å². The predicted octanol–water partition coefficient (Wildman–Crippen LogP) is 1.91. The number of anilines is 2. The fourth-order valence-corrected chi connectivity index (χ4v) is 2.70. The molecule has 2 rings (SSSR count). The first-order valence-corrected chi connectivity index (χ1v) is 8.05. The molecule has 6 nitrogen and oxygen atoms in total. The number of sulfonamides is 1. The van der Waals surface area contributed by atoms with Gasteiger partial charge in [-0.25, -0.2) is 17.1 Å². The molecule has 0 unspecified atom stereocenters.